The lowest BCUT2D eigenvalue weighted by Gasteiger charge is -2.06. The molecule has 1 aromatic rings. The van der Waals surface area contributed by atoms with Gasteiger partial charge in [0.25, 0.3) is 0 Å². The molecule has 0 heterocycles. The monoisotopic (exact) mass is 205 g/mol. The smallest absolute Gasteiger partial charge is 0.134 e. The molecular weight excluding hydrogens is 186 g/mol. The average molecular weight is 205 g/mol. The Morgan fingerprint density at radius 2 is 2.00 bits per heavy atom. The lowest BCUT2D eigenvalue weighted by molar-refractivity contribution is -0.118. The third-order valence-electron chi connectivity index (χ3n) is 2.59. The topological polar surface area (TPSA) is 43.1 Å². The fourth-order valence-corrected chi connectivity index (χ4v) is 1.69. The molecule has 2 heteroatoms. The summed E-state index contributed by atoms with van der Waals surface area (Å²) in [5.41, 5.74) is 9.14. The molecule has 0 bridgehead atoms. The minimum Gasteiger partial charge on any atom is -0.330 e. The standard InChI is InChI=1S/C13H19NO/c1-10-3-4-12(11(2)9-10)5-6-13(15)7-8-14/h3-4,9H,5-8,14H2,1-2H3. The Labute approximate surface area is 91.5 Å². The van der Waals surface area contributed by atoms with Crippen molar-refractivity contribution in [2.75, 3.05) is 6.54 Å². The van der Waals surface area contributed by atoms with Crippen LogP contribution in [0.3, 0.4) is 0 Å². The highest BCUT2D eigenvalue weighted by molar-refractivity contribution is 5.78. The van der Waals surface area contributed by atoms with Gasteiger partial charge in [-0.15, -0.1) is 0 Å². The van der Waals surface area contributed by atoms with Crippen LogP contribution in [-0.2, 0) is 11.2 Å². The quantitative estimate of drug-likeness (QED) is 0.800. The van der Waals surface area contributed by atoms with E-state index in [2.05, 4.69) is 32.0 Å². The molecule has 2 nitrogen and oxygen atoms in total. The Morgan fingerprint density at radius 1 is 1.27 bits per heavy atom. The van der Waals surface area contributed by atoms with Crippen LogP contribution in [0.2, 0.25) is 0 Å². The molecule has 0 amide bonds. The van der Waals surface area contributed by atoms with Crippen molar-refractivity contribution in [2.45, 2.75) is 33.1 Å². The third kappa shape index (κ3) is 3.84. The van der Waals surface area contributed by atoms with Crippen LogP contribution in [0.15, 0.2) is 18.2 Å². The lowest BCUT2D eigenvalue weighted by Crippen LogP contribution is -2.08. The highest BCUT2D eigenvalue weighted by atomic mass is 16.1. The summed E-state index contributed by atoms with van der Waals surface area (Å²) in [4.78, 5) is 11.3. The highest BCUT2D eigenvalue weighted by Gasteiger charge is 2.03. The van der Waals surface area contributed by atoms with Crippen molar-refractivity contribution in [3.05, 3.63) is 34.9 Å². The summed E-state index contributed by atoms with van der Waals surface area (Å²) in [6.45, 7) is 4.64. The summed E-state index contributed by atoms with van der Waals surface area (Å²) >= 11 is 0. The van der Waals surface area contributed by atoms with Crippen LogP contribution in [0, 0.1) is 13.8 Å². The number of rotatable bonds is 5. The molecule has 0 fully saturated rings. The molecule has 1 aromatic carbocycles. The number of hydrogen-bond acceptors (Lipinski definition) is 2. The summed E-state index contributed by atoms with van der Waals surface area (Å²) in [6.07, 6.45) is 1.96. The van der Waals surface area contributed by atoms with Gasteiger partial charge in [-0.1, -0.05) is 23.8 Å². The fourth-order valence-electron chi connectivity index (χ4n) is 1.69. The summed E-state index contributed by atoms with van der Waals surface area (Å²) in [7, 11) is 0. The van der Waals surface area contributed by atoms with Gasteiger partial charge in [-0.25, -0.2) is 0 Å². The van der Waals surface area contributed by atoms with Crippen molar-refractivity contribution in [3.8, 4) is 0 Å². The molecule has 0 saturated heterocycles. The molecule has 0 radical (unpaired) electrons. The Hall–Kier alpha value is -1.15. The van der Waals surface area contributed by atoms with Gasteiger partial charge in [-0.3, -0.25) is 4.79 Å². The van der Waals surface area contributed by atoms with Gasteiger partial charge in [0.05, 0.1) is 0 Å². The molecule has 0 saturated carbocycles. The van der Waals surface area contributed by atoms with Crippen molar-refractivity contribution in [3.63, 3.8) is 0 Å². The molecule has 0 aromatic heterocycles. The first-order valence-electron chi connectivity index (χ1n) is 5.41. The van der Waals surface area contributed by atoms with Crippen LogP contribution in [0.1, 0.15) is 29.5 Å². The second-order valence-corrected chi connectivity index (χ2v) is 4.01. The second-order valence-electron chi connectivity index (χ2n) is 4.01. The zero-order valence-electron chi connectivity index (χ0n) is 9.55. The van der Waals surface area contributed by atoms with Crippen LogP contribution in [0.4, 0.5) is 0 Å². The Kier molecular flexibility index (Phi) is 4.50. The van der Waals surface area contributed by atoms with Crippen molar-refractivity contribution in [1.29, 1.82) is 0 Å². The van der Waals surface area contributed by atoms with Gasteiger partial charge in [0.2, 0.25) is 0 Å². The van der Waals surface area contributed by atoms with Gasteiger partial charge < -0.3 is 5.73 Å². The predicted molar refractivity (Wildman–Crippen MR) is 62.9 cm³/mol. The van der Waals surface area contributed by atoms with Gasteiger partial charge in [0, 0.05) is 12.8 Å². The number of benzene rings is 1. The van der Waals surface area contributed by atoms with E-state index in [1.807, 2.05) is 0 Å². The number of aryl methyl sites for hydroxylation is 3. The number of Topliss-reactive ketones (excluding diaryl/α,β-unsaturated/α-hetero) is 1. The molecule has 0 aliphatic carbocycles. The van der Waals surface area contributed by atoms with Crippen molar-refractivity contribution in [1.82, 2.24) is 0 Å². The average Bonchev–Trinajstić information content (AvgIpc) is 2.17. The molecular formula is C13H19NO. The first-order chi connectivity index (χ1) is 7.13. The summed E-state index contributed by atoms with van der Waals surface area (Å²) < 4.78 is 0. The van der Waals surface area contributed by atoms with Gasteiger partial charge in [0.15, 0.2) is 0 Å². The highest BCUT2D eigenvalue weighted by Crippen LogP contribution is 2.12. The normalized spacial score (nSPS) is 10.3. The number of ketones is 1. The maximum atomic E-state index is 11.3. The molecule has 0 aliphatic heterocycles. The van der Waals surface area contributed by atoms with Crippen molar-refractivity contribution in [2.24, 2.45) is 5.73 Å². The van der Waals surface area contributed by atoms with Crippen LogP contribution >= 0.6 is 0 Å². The molecule has 1 rings (SSSR count). The van der Waals surface area contributed by atoms with Gasteiger partial charge in [-0.05, 0) is 37.9 Å². The number of carbonyl (C=O) groups excluding carboxylic acids is 1. The van der Waals surface area contributed by atoms with E-state index < -0.39 is 0 Å². The Morgan fingerprint density at radius 3 is 2.60 bits per heavy atom. The molecule has 0 atom stereocenters. The Balaban J connectivity index is 2.54. The summed E-state index contributed by atoms with van der Waals surface area (Å²) in [5.74, 6) is 0.262. The van der Waals surface area contributed by atoms with Crippen LogP contribution in [-0.4, -0.2) is 12.3 Å². The number of nitrogens with two attached hydrogens (primary N) is 1. The molecule has 2 N–H and O–H groups in total. The number of hydrogen-bond donors (Lipinski definition) is 1. The van der Waals surface area contributed by atoms with Crippen LogP contribution < -0.4 is 5.73 Å². The SMILES string of the molecule is Cc1ccc(CCC(=O)CCN)c(C)c1. The van der Waals surface area contributed by atoms with E-state index in [4.69, 9.17) is 5.73 Å². The molecule has 15 heavy (non-hydrogen) atoms. The minimum atomic E-state index is 0.262. The molecule has 0 unspecified atom stereocenters. The zero-order chi connectivity index (χ0) is 11.3. The van der Waals surface area contributed by atoms with Crippen LogP contribution in [0.25, 0.3) is 0 Å². The predicted octanol–water partition coefficient (Wildman–Crippen LogP) is 2.15. The zero-order valence-corrected chi connectivity index (χ0v) is 9.55. The van der Waals surface area contributed by atoms with E-state index in [9.17, 15) is 4.79 Å². The van der Waals surface area contributed by atoms with Gasteiger partial charge >= 0.3 is 0 Å². The van der Waals surface area contributed by atoms with Crippen LogP contribution in [0.5, 0.6) is 0 Å². The first kappa shape index (κ1) is 11.9. The van der Waals surface area contributed by atoms with Crippen molar-refractivity contribution >= 4 is 5.78 Å². The van der Waals surface area contributed by atoms with Crippen molar-refractivity contribution < 1.29 is 4.79 Å². The van der Waals surface area contributed by atoms with E-state index >= 15 is 0 Å². The number of carbonyl (C=O) groups is 1. The maximum absolute atomic E-state index is 11.3. The summed E-state index contributed by atoms with van der Waals surface area (Å²) in [6, 6.07) is 6.36. The van der Waals surface area contributed by atoms with E-state index in [0.29, 0.717) is 19.4 Å². The molecule has 0 spiro atoms. The largest absolute Gasteiger partial charge is 0.330 e. The van der Waals surface area contributed by atoms with E-state index in [-0.39, 0.29) is 5.78 Å². The Bertz CT molecular complexity index is 344. The maximum Gasteiger partial charge on any atom is 0.134 e. The van der Waals surface area contributed by atoms with Gasteiger partial charge in [-0.2, -0.15) is 0 Å². The van der Waals surface area contributed by atoms with E-state index in [1.54, 1.807) is 0 Å². The third-order valence-corrected chi connectivity index (χ3v) is 2.59. The lowest BCUT2D eigenvalue weighted by atomic mass is 10.00. The molecule has 0 aliphatic rings. The van der Waals surface area contributed by atoms with E-state index in [1.165, 1.54) is 16.7 Å². The fraction of sp³-hybridized carbons (Fsp3) is 0.462. The summed E-state index contributed by atoms with van der Waals surface area (Å²) in [5, 5.41) is 0. The minimum absolute atomic E-state index is 0.262. The van der Waals surface area contributed by atoms with Gasteiger partial charge in [0.1, 0.15) is 5.78 Å². The first-order valence-corrected chi connectivity index (χ1v) is 5.41. The van der Waals surface area contributed by atoms with E-state index in [0.717, 1.165) is 6.42 Å². The molecule has 82 valence electrons. The second kappa shape index (κ2) is 5.66.